The molecule has 1 fully saturated rings. The van der Waals surface area contributed by atoms with Crippen LogP contribution in [0.1, 0.15) is 24.6 Å². The Hall–Kier alpha value is -0.450. The summed E-state index contributed by atoms with van der Waals surface area (Å²) in [6.07, 6.45) is 4.38. The molecule has 1 saturated heterocycles. The predicted octanol–water partition coefficient (Wildman–Crippen LogP) is 2.39. The molecule has 0 N–H and O–H groups in total. The second kappa shape index (κ2) is 6.33. The van der Waals surface area contributed by atoms with Gasteiger partial charge >= 0.3 is 0 Å². The zero-order valence-corrected chi connectivity index (χ0v) is 10.7. The number of thiazole rings is 1. The van der Waals surface area contributed by atoms with E-state index < -0.39 is 0 Å². The lowest BCUT2D eigenvalue weighted by Crippen LogP contribution is -2.21. The van der Waals surface area contributed by atoms with E-state index in [1.807, 2.05) is 11.7 Å². The van der Waals surface area contributed by atoms with Crippen molar-refractivity contribution in [2.75, 3.05) is 26.3 Å². The van der Waals surface area contributed by atoms with Gasteiger partial charge in [-0.3, -0.25) is 9.88 Å². The number of ether oxygens (including phenoxy) is 1. The fourth-order valence-electron chi connectivity index (χ4n) is 2.13. The summed E-state index contributed by atoms with van der Waals surface area (Å²) in [4.78, 5) is 7.99. The Labute approximate surface area is 101 Å². The molecule has 0 bridgehead atoms. The highest BCUT2D eigenvalue weighted by Gasteiger charge is 2.22. The van der Waals surface area contributed by atoms with Crippen LogP contribution < -0.4 is 0 Å². The van der Waals surface area contributed by atoms with Crippen LogP contribution in [-0.2, 0) is 11.3 Å². The Balaban J connectivity index is 1.67. The summed E-state index contributed by atoms with van der Waals surface area (Å²) in [5.41, 5.74) is 1.91. The normalized spacial score (nSPS) is 21.7. The van der Waals surface area contributed by atoms with Crippen molar-refractivity contribution in [2.24, 2.45) is 5.92 Å². The third-order valence-corrected chi connectivity index (χ3v) is 3.70. The summed E-state index contributed by atoms with van der Waals surface area (Å²) in [7, 11) is 0. The number of aromatic nitrogens is 1. The molecule has 1 atom stereocenters. The summed E-state index contributed by atoms with van der Waals surface area (Å²) in [6.45, 7) is 7.46. The summed E-state index contributed by atoms with van der Waals surface area (Å²) < 4.78 is 5.61. The van der Waals surface area contributed by atoms with Crippen molar-refractivity contribution in [2.45, 2.75) is 26.3 Å². The zero-order chi connectivity index (χ0) is 11.2. The molecule has 1 aromatic rings. The lowest BCUT2D eigenvalue weighted by Gasteiger charge is -2.14. The molecule has 1 aromatic heterocycles. The van der Waals surface area contributed by atoms with E-state index in [1.165, 1.54) is 24.4 Å². The van der Waals surface area contributed by atoms with Gasteiger partial charge in [-0.05, 0) is 25.3 Å². The Morgan fingerprint density at radius 3 is 3.31 bits per heavy atom. The van der Waals surface area contributed by atoms with Crippen LogP contribution in [0.25, 0.3) is 0 Å². The van der Waals surface area contributed by atoms with Crippen LogP contribution >= 0.6 is 11.3 Å². The van der Waals surface area contributed by atoms with Crippen molar-refractivity contribution in [3.63, 3.8) is 0 Å². The molecular weight excluding hydrogens is 220 g/mol. The van der Waals surface area contributed by atoms with Crippen molar-refractivity contribution >= 4 is 11.3 Å². The van der Waals surface area contributed by atoms with Crippen molar-refractivity contribution in [1.29, 1.82) is 0 Å². The molecule has 1 aliphatic heterocycles. The molecule has 2 heterocycles. The third kappa shape index (κ3) is 3.54. The van der Waals surface area contributed by atoms with E-state index in [1.54, 1.807) is 11.3 Å². The maximum absolute atomic E-state index is 5.61. The minimum Gasteiger partial charge on any atom is -0.381 e. The molecule has 2 rings (SSSR count). The van der Waals surface area contributed by atoms with Gasteiger partial charge in [-0.2, -0.15) is 0 Å². The van der Waals surface area contributed by atoms with Crippen LogP contribution in [-0.4, -0.2) is 36.2 Å². The van der Waals surface area contributed by atoms with Crippen LogP contribution in [0, 0.1) is 5.92 Å². The summed E-state index contributed by atoms with van der Waals surface area (Å²) >= 11 is 1.75. The first kappa shape index (κ1) is 12.0. The summed E-state index contributed by atoms with van der Waals surface area (Å²) in [5.74, 6) is 0.736. The number of hydrogen-bond acceptors (Lipinski definition) is 4. The third-order valence-electron chi connectivity index (χ3n) is 2.93. The molecule has 90 valence electrons. The Kier molecular flexibility index (Phi) is 4.75. The van der Waals surface area contributed by atoms with E-state index in [0.717, 1.165) is 32.1 Å². The molecule has 0 saturated carbocycles. The van der Waals surface area contributed by atoms with E-state index in [2.05, 4.69) is 16.8 Å². The molecular formula is C12H20N2OS. The first-order valence-electron chi connectivity index (χ1n) is 6.06. The molecule has 1 aliphatic rings. The van der Waals surface area contributed by atoms with Gasteiger partial charge in [-0.25, -0.2) is 0 Å². The number of nitrogens with zero attached hydrogens (tertiary/aromatic N) is 2. The SMILES string of the molecule is CCCOCC1CCN(Cc2cncs2)C1. The summed E-state index contributed by atoms with van der Waals surface area (Å²) in [6, 6.07) is 0. The second-order valence-corrected chi connectivity index (χ2v) is 5.40. The standard InChI is InChI=1S/C12H20N2OS/c1-2-5-15-9-11-3-4-14(7-11)8-12-6-13-10-16-12/h6,10-11H,2-5,7-9H2,1H3. The van der Waals surface area contributed by atoms with Gasteiger partial charge < -0.3 is 4.74 Å². The first-order valence-corrected chi connectivity index (χ1v) is 6.94. The smallest absolute Gasteiger partial charge is 0.0794 e. The maximum Gasteiger partial charge on any atom is 0.0794 e. The molecule has 0 aromatic carbocycles. The van der Waals surface area contributed by atoms with Crippen LogP contribution in [0.3, 0.4) is 0 Å². The highest BCUT2D eigenvalue weighted by molar-refractivity contribution is 7.09. The van der Waals surface area contributed by atoms with E-state index in [9.17, 15) is 0 Å². The minimum atomic E-state index is 0.736. The van der Waals surface area contributed by atoms with Crippen LogP contribution in [0.5, 0.6) is 0 Å². The maximum atomic E-state index is 5.61. The van der Waals surface area contributed by atoms with E-state index >= 15 is 0 Å². The Morgan fingerprint density at radius 1 is 1.62 bits per heavy atom. The van der Waals surface area contributed by atoms with Crippen LogP contribution in [0.15, 0.2) is 11.7 Å². The molecule has 0 spiro atoms. The first-order chi connectivity index (χ1) is 7.88. The van der Waals surface area contributed by atoms with Crippen LogP contribution in [0.2, 0.25) is 0 Å². The molecule has 16 heavy (non-hydrogen) atoms. The van der Waals surface area contributed by atoms with Gasteiger partial charge in [0.2, 0.25) is 0 Å². The fourth-order valence-corrected chi connectivity index (χ4v) is 2.76. The molecule has 0 aliphatic carbocycles. The Morgan fingerprint density at radius 2 is 2.56 bits per heavy atom. The molecule has 0 amide bonds. The number of likely N-dealkylation sites (tertiary alicyclic amines) is 1. The van der Waals surface area contributed by atoms with E-state index in [4.69, 9.17) is 4.74 Å². The monoisotopic (exact) mass is 240 g/mol. The van der Waals surface area contributed by atoms with Crippen LogP contribution in [0.4, 0.5) is 0 Å². The van der Waals surface area contributed by atoms with Gasteiger partial charge in [0.25, 0.3) is 0 Å². The highest BCUT2D eigenvalue weighted by Crippen LogP contribution is 2.20. The van der Waals surface area contributed by atoms with Gasteiger partial charge in [-0.1, -0.05) is 6.92 Å². The predicted molar refractivity (Wildman–Crippen MR) is 66.6 cm³/mol. The summed E-state index contributed by atoms with van der Waals surface area (Å²) in [5, 5.41) is 0. The number of rotatable bonds is 6. The molecule has 4 heteroatoms. The van der Waals surface area contributed by atoms with E-state index in [0.29, 0.717) is 0 Å². The molecule has 1 unspecified atom stereocenters. The van der Waals surface area contributed by atoms with Gasteiger partial charge in [0.05, 0.1) is 12.1 Å². The molecule has 0 radical (unpaired) electrons. The second-order valence-electron chi connectivity index (χ2n) is 4.43. The number of hydrogen-bond donors (Lipinski definition) is 0. The van der Waals surface area contributed by atoms with Crippen molar-refractivity contribution in [3.8, 4) is 0 Å². The Bertz CT molecular complexity index is 289. The average Bonchev–Trinajstić information content (AvgIpc) is 2.91. The minimum absolute atomic E-state index is 0.736. The van der Waals surface area contributed by atoms with Crippen molar-refractivity contribution in [3.05, 3.63) is 16.6 Å². The lowest BCUT2D eigenvalue weighted by atomic mass is 10.1. The van der Waals surface area contributed by atoms with Gasteiger partial charge in [0.15, 0.2) is 0 Å². The van der Waals surface area contributed by atoms with E-state index in [-0.39, 0.29) is 0 Å². The quantitative estimate of drug-likeness (QED) is 0.714. The molecule has 3 nitrogen and oxygen atoms in total. The van der Waals surface area contributed by atoms with Gasteiger partial charge in [0, 0.05) is 30.8 Å². The zero-order valence-electron chi connectivity index (χ0n) is 9.89. The topological polar surface area (TPSA) is 25.4 Å². The highest BCUT2D eigenvalue weighted by atomic mass is 32.1. The van der Waals surface area contributed by atoms with Crippen molar-refractivity contribution in [1.82, 2.24) is 9.88 Å². The van der Waals surface area contributed by atoms with Crippen molar-refractivity contribution < 1.29 is 4.74 Å². The lowest BCUT2D eigenvalue weighted by molar-refractivity contribution is 0.101. The van der Waals surface area contributed by atoms with Gasteiger partial charge in [-0.15, -0.1) is 11.3 Å². The fraction of sp³-hybridized carbons (Fsp3) is 0.750. The largest absolute Gasteiger partial charge is 0.381 e. The van der Waals surface area contributed by atoms with Gasteiger partial charge in [0.1, 0.15) is 0 Å². The average molecular weight is 240 g/mol.